The van der Waals surface area contributed by atoms with Gasteiger partial charge in [0.25, 0.3) is 0 Å². The molecule has 0 amide bonds. The second-order valence-corrected chi connectivity index (χ2v) is 4.98. The lowest BCUT2D eigenvalue weighted by molar-refractivity contribution is -0.144. The van der Waals surface area contributed by atoms with E-state index < -0.39 is 0 Å². The molecule has 1 aromatic carbocycles. The van der Waals surface area contributed by atoms with E-state index in [4.69, 9.17) is 16.3 Å². The van der Waals surface area contributed by atoms with Gasteiger partial charge in [0.15, 0.2) is 0 Å². The van der Waals surface area contributed by atoms with Crippen LogP contribution in [-0.2, 0) is 16.1 Å². The van der Waals surface area contributed by atoms with Crippen LogP contribution in [0.15, 0.2) is 24.3 Å². The molecule has 1 saturated heterocycles. The molecule has 1 aromatic rings. The minimum atomic E-state index is -0.135. The lowest BCUT2D eigenvalue weighted by Crippen LogP contribution is -2.34. The van der Waals surface area contributed by atoms with Crippen molar-refractivity contribution < 1.29 is 9.53 Å². The number of benzene rings is 1. The zero-order valence-electron chi connectivity index (χ0n) is 10.0. The molecule has 1 fully saturated rings. The van der Waals surface area contributed by atoms with E-state index in [2.05, 4.69) is 0 Å². The Balaban J connectivity index is 2.02. The van der Waals surface area contributed by atoms with Gasteiger partial charge in [0, 0.05) is 18.0 Å². The number of halogens is 1. The van der Waals surface area contributed by atoms with Gasteiger partial charge in [-0.25, -0.2) is 0 Å². The number of rotatable bonds is 3. The normalized spacial score (nSPS) is 24.1. The summed E-state index contributed by atoms with van der Waals surface area (Å²) >= 11 is 5.93. The maximum absolute atomic E-state index is 11.6. The molecule has 2 atom stereocenters. The second-order valence-electron chi connectivity index (χ2n) is 4.54. The van der Waals surface area contributed by atoms with Gasteiger partial charge in [0.05, 0.1) is 0 Å². The Morgan fingerprint density at radius 2 is 2.29 bits per heavy atom. The van der Waals surface area contributed by atoms with Crippen LogP contribution in [0.4, 0.5) is 0 Å². The van der Waals surface area contributed by atoms with E-state index in [1.807, 2.05) is 43.1 Å². The molecule has 0 spiro atoms. The zero-order valence-corrected chi connectivity index (χ0v) is 10.8. The lowest BCUT2D eigenvalue weighted by Gasteiger charge is -2.21. The zero-order chi connectivity index (χ0) is 12.4. The summed E-state index contributed by atoms with van der Waals surface area (Å²) in [7, 11) is 1.94. The molecule has 0 aromatic heterocycles. The number of esters is 1. The van der Waals surface area contributed by atoms with Crippen molar-refractivity contribution in [2.24, 2.45) is 0 Å². The molecular weight excluding hydrogens is 238 g/mol. The monoisotopic (exact) mass is 253 g/mol. The van der Waals surface area contributed by atoms with Crippen LogP contribution in [0.3, 0.4) is 0 Å². The minimum Gasteiger partial charge on any atom is -0.461 e. The number of likely N-dealkylation sites (N-methyl/N-ethyl adjacent to an activating group) is 1. The van der Waals surface area contributed by atoms with Crippen molar-refractivity contribution in [1.82, 2.24) is 4.90 Å². The third kappa shape index (κ3) is 2.99. The first-order valence-corrected chi connectivity index (χ1v) is 6.09. The van der Waals surface area contributed by atoms with Gasteiger partial charge in [-0.05, 0) is 31.7 Å². The summed E-state index contributed by atoms with van der Waals surface area (Å²) < 4.78 is 5.15. The number of nitrogens with zero attached hydrogens (tertiary/aromatic N) is 1. The van der Waals surface area contributed by atoms with Gasteiger partial charge in [-0.2, -0.15) is 0 Å². The summed E-state index contributed by atoms with van der Waals surface area (Å²) in [5, 5.41) is 0.721. The third-order valence-corrected chi connectivity index (χ3v) is 3.23. The molecule has 4 heteroatoms. The van der Waals surface area contributed by atoms with Gasteiger partial charge < -0.3 is 4.74 Å². The number of hydrogen-bond donors (Lipinski definition) is 0. The fourth-order valence-electron chi connectivity index (χ4n) is 2.13. The second kappa shape index (κ2) is 5.07. The van der Waals surface area contributed by atoms with Crippen molar-refractivity contribution in [1.29, 1.82) is 0 Å². The van der Waals surface area contributed by atoms with Crippen LogP contribution in [0.2, 0.25) is 5.02 Å². The molecule has 1 aliphatic rings. The molecule has 0 bridgehead atoms. The van der Waals surface area contributed by atoms with E-state index in [0.717, 1.165) is 17.0 Å². The molecular formula is C13H16ClNO2. The van der Waals surface area contributed by atoms with Crippen LogP contribution in [0.25, 0.3) is 0 Å². The third-order valence-electron chi connectivity index (χ3n) is 3.00. The summed E-state index contributed by atoms with van der Waals surface area (Å²) in [5.74, 6) is -0.123. The van der Waals surface area contributed by atoms with Gasteiger partial charge in [-0.3, -0.25) is 9.69 Å². The van der Waals surface area contributed by atoms with Crippen LogP contribution >= 0.6 is 11.6 Å². The van der Waals surface area contributed by atoms with Crippen LogP contribution in [0.5, 0.6) is 0 Å². The molecule has 2 rings (SSSR count). The van der Waals surface area contributed by atoms with Crippen molar-refractivity contribution in [3.05, 3.63) is 34.9 Å². The topological polar surface area (TPSA) is 29.5 Å². The first-order chi connectivity index (χ1) is 8.06. The van der Waals surface area contributed by atoms with E-state index in [1.54, 1.807) is 0 Å². The molecule has 1 aliphatic heterocycles. The first-order valence-electron chi connectivity index (χ1n) is 5.71. The van der Waals surface area contributed by atoms with Crippen molar-refractivity contribution in [3.63, 3.8) is 0 Å². The van der Waals surface area contributed by atoms with Crippen LogP contribution in [0.1, 0.15) is 18.9 Å². The van der Waals surface area contributed by atoms with Crippen molar-refractivity contribution in [2.75, 3.05) is 7.05 Å². The maximum Gasteiger partial charge on any atom is 0.323 e. The van der Waals surface area contributed by atoms with Crippen molar-refractivity contribution in [3.8, 4) is 0 Å². The lowest BCUT2D eigenvalue weighted by atomic mass is 10.1. The fourth-order valence-corrected chi connectivity index (χ4v) is 2.34. The standard InChI is InChI=1S/C13H16ClNO2/c1-9-6-12(13(16)17-9)15(2)8-10-4-3-5-11(14)7-10/h3-5,7,9,12H,6,8H2,1-2H3/t9-,12-/m0/s1. The number of carbonyl (C=O) groups is 1. The van der Waals surface area contributed by atoms with E-state index in [9.17, 15) is 4.79 Å². The average Bonchev–Trinajstić information content (AvgIpc) is 2.58. The Morgan fingerprint density at radius 3 is 2.88 bits per heavy atom. The van der Waals surface area contributed by atoms with Gasteiger partial charge >= 0.3 is 5.97 Å². The Kier molecular flexibility index (Phi) is 3.69. The summed E-state index contributed by atoms with van der Waals surface area (Å²) in [6, 6.07) is 7.55. The SMILES string of the molecule is C[C@H]1C[C@H](N(C)Cc2cccc(Cl)c2)C(=O)O1. The predicted octanol–water partition coefficient (Wildman–Crippen LogP) is 2.48. The molecule has 1 heterocycles. The molecule has 0 aliphatic carbocycles. The molecule has 0 N–H and O–H groups in total. The Labute approximate surface area is 106 Å². The Hall–Kier alpha value is -1.06. The van der Waals surface area contributed by atoms with Gasteiger partial charge in [0.2, 0.25) is 0 Å². The Bertz CT molecular complexity index is 422. The summed E-state index contributed by atoms with van der Waals surface area (Å²) in [6.45, 7) is 2.62. The van der Waals surface area contributed by atoms with E-state index in [1.165, 1.54) is 0 Å². The number of ether oxygens (including phenoxy) is 1. The summed E-state index contributed by atoms with van der Waals surface area (Å²) in [5.41, 5.74) is 1.10. The highest BCUT2D eigenvalue weighted by Crippen LogP contribution is 2.21. The van der Waals surface area contributed by atoms with Gasteiger partial charge in [-0.15, -0.1) is 0 Å². The van der Waals surface area contributed by atoms with E-state index >= 15 is 0 Å². The van der Waals surface area contributed by atoms with Crippen molar-refractivity contribution >= 4 is 17.6 Å². The first kappa shape index (κ1) is 12.4. The maximum atomic E-state index is 11.6. The molecule has 92 valence electrons. The number of cyclic esters (lactones) is 1. The number of carbonyl (C=O) groups excluding carboxylic acids is 1. The van der Waals surface area contributed by atoms with Gasteiger partial charge in [0.1, 0.15) is 12.1 Å². The molecule has 0 unspecified atom stereocenters. The summed E-state index contributed by atoms with van der Waals surface area (Å²) in [4.78, 5) is 13.6. The van der Waals surface area contributed by atoms with Crippen LogP contribution in [0, 0.1) is 0 Å². The predicted molar refractivity (Wildman–Crippen MR) is 66.9 cm³/mol. The number of hydrogen-bond acceptors (Lipinski definition) is 3. The smallest absolute Gasteiger partial charge is 0.323 e. The quantitative estimate of drug-likeness (QED) is 0.775. The fraction of sp³-hybridized carbons (Fsp3) is 0.462. The molecule has 3 nitrogen and oxygen atoms in total. The van der Waals surface area contributed by atoms with Gasteiger partial charge in [-0.1, -0.05) is 23.7 Å². The van der Waals surface area contributed by atoms with Crippen molar-refractivity contribution in [2.45, 2.75) is 32.0 Å². The minimum absolute atomic E-state index is 0.0225. The van der Waals surface area contributed by atoms with E-state index in [0.29, 0.717) is 6.54 Å². The van der Waals surface area contributed by atoms with E-state index in [-0.39, 0.29) is 18.1 Å². The molecule has 17 heavy (non-hydrogen) atoms. The Morgan fingerprint density at radius 1 is 1.53 bits per heavy atom. The average molecular weight is 254 g/mol. The summed E-state index contributed by atoms with van der Waals surface area (Å²) in [6.07, 6.45) is 0.782. The highest BCUT2D eigenvalue weighted by molar-refractivity contribution is 6.30. The molecule has 0 radical (unpaired) electrons. The largest absolute Gasteiger partial charge is 0.461 e. The van der Waals surface area contributed by atoms with Crippen LogP contribution in [-0.4, -0.2) is 30.1 Å². The highest BCUT2D eigenvalue weighted by Gasteiger charge is 2.34. The molecule has 0 saturated carbocycles. The van der Waals surface area contributed by atoms with Crippen LogP contribution < -0.4 is 0 Å². The highest BCUT2D eigenvalue weighted by atomic mass is 35.5.